The molecule has 94 valence electrons. The molecule has 0 bridgehead atoms. The Morgan fingerprint density at radius 2 is 1.62 bits per heavy atom. The van der Waals surface area contributed by atoms with Gasteiger partial charge in [0.05, 0.1) is 0 Å². The van der Waals surface area contributed by atoms with Crippen LogP contribution in [0.3, 0.4) is 0 Å². The number of ether oxygens (including phenoxy) is 4. The molecule has 0 fully saturated rings. The summed E-state index contributed by atoms with van der Waals surface area (Å²) in [7, 11) is 4.75. The normalized spacial score (nSPS) is 15.6. The number of hydrogen-bond acceptors (Lipinski definition) is 5. The average molecular weight is 248 g/mol. The number of methoxy groups -OCH3 is 3. The van der Waals surface area contributed by atoms with Gasteiger partial charge >= 0.3 is 5.97 Å². The van der Waals surface area contributed by atoms with Gasteiger partial charge in [0.2, 0.25) is 11.2 Å². The van der Waals surface area contributed by atoms with Gasteiger partial charge in [0.15, 0.2) is 0 Å². The molecule has 0 aliphatic rings. The van der Waals surface area contributed by atoms with E-state index >= 15 is 0 Å². The Kier molecular flexibility index (Phi) is 5.34. The minimum atomic E-state index is -1.22. The molecule has 16 heavy (non-hydrogen) atoms. The lowest BCUT2D eigenvalue weighted by molar-refractivity contribution is -0.336. The van der Waals surface area contributed by atoms with Crippen molar-refractivity contribution in [1.82, 2.24) is 0 Å². The third-order valence-electron chi connectivity index (χ3n) is 2.63. The van der Waals surface area contributed by atoms with Crippen molar-refractivity contribution in [3.63, 3.8) is 0 Å². The fraction of sp³-hybridized carbons (Fsp3) is 0.700. The Balaban J connectivity index is 5.04. The largest absolute Gasteiger partial charge is 0.429 e. The molecule has 0 saturated carbocycles. The summed E-state index contributed by atoms with van der Waals surface area (Å²) in [6.45, 7) is 6.73. The van der Waals surface area contributed by atoms with Crippen molar-refractivity contribution in [1.29, 1.82) is 0 Å². The first kappa shape index (κ1) is 15.3. The maximum absolute atomic E-state index is 11.5. The van der Waals surface area contributed by atoms with Crippen LogP contribution in [0.2, 0.25) is 0 Å². The highest BCUT2D eigenvalue weighted by Gasteiger charge is 2.49. The summed E-state index contributed by atoms with van der Waals surface area (Å²) in [5.74, 6) is -1.67. The van der Waals surface area contributed by atoms with E-state index in [1.807, 2.05) is 0 Å². The van der Waals surface area contributed by atoms with E-state index in [4.69, 9.17) is 18.9 Å². The molecule has 0 saturated heterocycles. The highest BCUT2D eigenvalue weighted by atomic mass is 28.1. The van der Waals surface area contributed by atoms with E-state index in [0.717, 1.165) is 0 Å². The quantitative estimate of drug-likeness (QED) is 0.281. The molecule has 1 atom stereocenters. The molecule has 0 N–H and O–H groups in total. The number of esters is 1. The monoisotopic (exact) mass is 248 g/mol. The van der Waals surface area contributed by atoms with Gasteiger partial charge in [-0.1, -0.05) is 6.58 Å². The van der Waals surface area contributed by atoms with Crippen LogP contribution in [-0.4, -0.2) is 48.7 Å². The van der Waals surface area contributed by atoms with E-state index in [1.54, 1.807) is 13.8 Å². The molecule has 0 aliphatic heterocycles. The van der Waals surface area contributed by atoms with Crippen LogP contribution in [0, 0.1) is 0 Å². The lowest BCUT2D eigenvalue weighted by Gasteiger charge is -2.41. The number of rotatable bonds is 6. The Morgan fingerprint density at radius 1 is 1.19 bits per heavy atom. The van der Waals surface area contributed by atoms with Gasteiger partial charge in [0, 0.05) is 26.9 Å². The summed E-state index contributed by atoms with van der Waals surface area (Å²) in [5, 5.41) is 0. The van der Waals surface area contributed by atoms with Crippen molar-refractivity contribution in [3.05, 3.63) is 12.2 Å². The lowest BCUT2D eigenvalue weighted by Crippen LogP contribution is -2.59. The molecule has 1 unspecified atom stereocenters. The Labute approximate surface area is 99.1 Å². The van der Waals surface area contributed by atoms with Crippen LogP contribution in [0.5, 0.6) is 0 Å². The molecule has 0 radical (unpaired) electrons. The first-order valence-corrected chi connectivity index (χ1v) is 5.80. The molecule has 0 aromatic rings. The topological polar surface area (TPSA) is 54.0 Å². The third-order valence-corrected chi connectivity index (χ3v) is 4.15. The molecule has 0 aromatic heterocycles. The Morgan fingerprint density at radius 3 is 1.88 bits per heavy atom. The van der Waals surface area contributed by atoms with Gasteiger partial charge in [0.1, 0.15) is 10.2 Å². The van der Waals surface area contributed by atoms with Gasteiger partial charge in [0.25, 0.3) is 0 Å². The smallest absolute Gasteiger partial charge is 0.335 e. The Bertz CT molecular complexity index is 274. The van der Waals surface area contributed by atoms with Crippen molar-refractivity contribution in [2.45, 2.75) is 25.0 Å². The van der Waals surface area contributed by atoms with Crippen molar-refractivity contribution >= 4 is 16.2 Å². The fourth-order valence-electron chi connectivity index (χ4n) is 1.04. The number of hydrogen-bond donors (Lipinski definition) is 0. The molecule has 0 aromatic carbocycles. The van der Waals surface area contributed by atoms with Crippen molar-refractivity contribution in [2.24, 2.45) is 0 Å². The number of carbonyl (C=O) groups is 1. The third kappa shape index (κ3) is 2.91. The molecule has 0 amide bonds. The molecular formula is C10H20O5Si. The molecule has 0 heterocycles. The second-order valence-electron chi connectivity index (χ2n) is 3.67. The second kappa shape index (κ2) is 5.58. The van der Waals surface area contributed by atoms with Crippen molar-refractivity contribution in [2.75, 3.05) is 21.3 Å². The SMILES string of the molecule is C=C(C)C(=O)OC([SiH3])(OC)C(C)(OC)OC. The van der Waals surface area contributed by atoms with Crippen LogP contribution in [0.25, 0.3) is 0 Å². The van der Waals surface area contributed by atoms with Crippen LogP contribution in [-0.2, 0) is 23.7 Å². The summed E-state index contributed by atoms with van der Waals surface area (Å²) in [6, 6.07) is 0. The second-order valence-corrected chi connectivity index (χ2v) is 4.99. The van der Waals surface area contributed by atoms with Crippen LogP contribution in [0.15, 0.2) is 12.2 Å². The van der Waals surface area contributed by atoms with Crippen molar-refractivity contribution < 1.29 is 23.7 Å². The summed E-state index contributed by atoms with van der Waals surface area (Å²) in [6.07, 6.45) is 0. The summed E-state index contributed by atoms with van der Waals surface area (Å²) >= 11 is 0. The van der Waals surface area contributed by atoms with E-state index in [9.17, 15) is 4.79 Å². The van der Waals surface area contributed by atoms with Crippen LogP contribution in [0.1, 0.15) is 13.8 Å². The predicted molar refractivity (Wildman–Crippen MR) is 63.0 cm³/mol. The molecule has 6 heteroatoms. The van der Waals surface area contributed by atoms with Gasteiger partial charge in [-0.2, -0.15) is 0 Å². The number of carbonyl (C=O) groups excluding carboxylic acids is 1. The highest BCUT2D eigenvalue weighted by molar-refractivity contribution is 6.15. The van der Waals surface area contributed by atoms with E-state index in [0.29, 0.717) is 15.8 Å². The minimum absolute atomic E-state index is 0.298. The van der Waals surface area contributed by atoms with Gasteiger partial charge in [-0.05, 0) is 13.8 Å². The van der Waals surface area contributed by atoms with Gasteiger partial charge < -0.3 is 18.9 Å². The van der Waals surface area contributed by atoms with Crippen LogP contribution < -0.4 is 0 Å². The first-order chi connectivity index (χ1) is 7.26. The first-order valence-electron chi connectivity index (χ1n) is 4.80. The van der Waals surface area contributed by atoms with E-state index in [2.05, 4.69) is 6.58 Å². The van der Waals surface area contributed by atoms with Gasteiger partial charge in [-0.15, -0.1) is 0 Å². The molecule has 0 aliphatic carbocycles. The van der Waals surface area contributed by atoms with E-state index in [1.165, 1.54) is 21.3 Å². The molecule has 0 rings (SSSR count). The zero-order valence-electron chi connectivity index (χ0n) is 10.7. The standard InChI is InChI=1S/C10H20O5Si/c1-7(2)8(11)15-10(16,14-6)9(3,12-4)13-5/h1H2,2-6,16H3. The van der Waals surface area contributed by atoms with Crippen molar-refractivity contribution in [3.8, 4) is 0 Å². The van der Waals surface area contributed by atoms with E-state index in [-0.39, 0.29) is 0 Å². The van der Waals surface area contributed by atoms with Crippen LogP contribution >= 0.6 is 0 Å². The zero-order valence-corrected chi connectivity index (χ0v) is 12.7. The molecule has 0 spiro atoms. The highest BCUT2D eigenvalue weighted by Crippen LogP contribution is 2.28. The average Bonchev–Trinajstić information content (AvgIpc) is 2.27. The summed E-state index contributed by atoms with van der Waals surface area (Å²) in [4.78, 5) is 11.5. The molecule has 5 nitrogen and oxygen atoms in total. The summed E-state index contributed by atoms with van der Waals surface area (Å²) < 4.78 is 20.9. The lowest BCUT2D eigenvalue weighted by atomic mass is 10.3. The predicted octanol–water partition coefficient (Wildman–Crippen LogP) is -0.220. The van der Waals surface area contributed by atoms with Crippen LogP contribution in [0.4, 0.5) is 0 Å². The summed E-state index contributed by atoms with van der Waals surface area (Å²) in [5.41, 5.74) is -0.918. The van der Waals surface area contributed by atoms with E-state index < -0.39 is 17.2 Å². The maximum atomic E-state index is 11.5. The zero-order chi connectivity index (χ0) is 13.0. The van der Waals surface area contributed by atoms with Gasteiger partial charge in [-0.3, -0.25) is 0 Å². The van der Waals surface area contributed by atoms with Gasteiger partial charge in [-0.25, -0.2) is 4.79 Å². The molecular weight excluding hydrogens is 228 g/mol. The Hall–Kier alpha value is -0.693. The fourth-order valence-corrected chi connectivity index (χ4v) is 1.63. The maximum Gasteiger partial charge on any atom is 0.335 e. The minimum Gasteiger partial charge on any atom is -0.429 e.